The van der Waals surface area contributed by atoms with Crippen LogP contribution in [0.25, 0.3) is 0 Å². The summed E-state index contributed by atoms with van der Waals surface area (Å²) in [5.74, 6) is -1.42. The van der Waals surface area contributed by atoms with Gasteiger partial charge in [0.2, 0.25) is 5.91 Å². The van der Waals surface area contributed by atoms with Crippen molar-refractivity contribution in [2.24, 2.45) is 0 Å². The molecular weight excluding hydrogens is 356 g/mol. The summed E-state index contributed by atoms with van der Waals surface area (Å²) in [6.45, 7) is 1.77. The molecule has 1 atom stereocenters. The van der Waals surface area contributed by atoms with Gasteiger partial charge in [-0.05, 0) is 37.3 Å². The summed E-state index contributed by atoms with van der Waals surface area (Å²) in [5, 5.41) is 2.77. The van der Waals surface area contributed by atoms with Crippen molar-refractivity contribution in [3.05, 3.63) is 59.2 Å². The topological polar surface area (TPSA) is 64.6 Å². The predicted octanol–water partition coefficient (Wildman–Crippen LogP) is 3.82. The fraction of sp³-hybridized carbons (Fsp3) is 0.300. The highest BCUT2D eigenvalue weighted by atomic mass is 19.1. The lowest BCUT2D eigenvalue weighted by molar-refractivity contribution is -0.121. The van der Waals surface area contributed by atoms with Gasteiger partial charge in [0, 0.05) is 24.5 Å². The first-order valence-corrected chi connectivity index (χ1v) is 8.35. The average Bonchev–Trinajstić information content (AvgIpc) is 2.65. The van der Waals surface area contributed by atoms with E-state index in [0.717, 1.165) is 17.7 Å². The van der Waals surface area contributed by atoms with E-state index >= 15 is 0 Å². The third-order valence-corrected chi connectivity index (χ3v) is 4.09. The van der Waals surface area contributed by atoms with Gasteiger partial charge in [-0.25, -0.2) is 8.78 Å². The second kappa shape index (κ2) is 9.12. The molecule has 2 rings (SSSR count). The minimum absolute atomic E-state index is 0.119. The van der Waals surface area contributed by atoms with Crippen LogP contribution in [-0.2, 0) is 4.79 Å². The van der Waals surface area contributed by atoms with Crippen LogP contribution in [0.3, 0.4) is 0 Å². The Hall–Kier alpha value is -2.96. The number of Topliss-reactive ketones (excluding diaryl/α,β-unsaturated/α-hetero) is 1. The molecule has 0 spiro atoms. The van der Waals surface area contributed by atoms with E-state index in [1.165, 1.54) is 14.2 Å². The summed E-state index contributed by atoms with van der Waals surface area (Å²) in [6.07, 6.45) is -0.303. The number of ether oxygens (including phenoxy) is 2. The van der Waals surface area contributed by atoms with Gasteiger partial charge in [0.05, 0.1) is 25.8 Å². The van der Waals surface area contributed by atoms with Gasteiger partial charge < -0.3 is 14.8 Å². The molecule has 0 aliphatic carbocycles. The van der Waals surface area contributed by atoms with Gasteiger partial charge in [-0.1, -0.05) is 0 Å². The molecule has 0 bridgehead atoms. The van der Waals surface area contributed by atoms with E-state index < -0.39 is 17.4 Å². The van der Waals surface area contributed by atoms with Crippen LogP contribution in [0.1, 0.15) is 41.7 Å². The predicted molar refractivity (Wildman–Crippen MR) is 96.0 cm³/mol. The molecule has 0 saturated carbocycles. The molecule has 0 unspecified atom stereocenters. The second-order valence-electron chi connectivity index (χ2n) is 5.94. The van der Waals surface area contributed by atoms with Crippen molar-refractivity contribution in [1.82, 2.24) is 5.32 Å². The highest BCUT2D eigenvalue weighted by Gasteiger charge is 2.18. The number of halogens is 2. The van der Waals surface area contributed by atoms with E-state index in [1.54, 1.807) is 25.1 Å². The molecule has 0 radical (unpaired) electrons. The molecule has 5 nitrogen and oxygen atoms in total. The highest BCUT2D eigenvalue weighted by Crippen LogP contribution is 2.29. The smallest absolute Gasteiger partial charge is 0.220 e. The number of benzene rings is 2. The minimum atomic E-state index is -0.935. The van der Waals surface area contributed by atoms with Crippen LogP contribution in [0.4, 0.5) is 8.78 Å². The van der Waals surface area contributed by atoms with Crippen LogP contribution in [0, 0.1) is 11.6 Å². The first-order chi connectivity index (χ1) is 12.8. The molecule has 2 aromatic rings. The Morgan fingerprint density at radius 2 is 1.78 bits per heavy atom. The third-order valence-electron chi connectivity index (χ3n) is 4.09. The van der Waals surface area contributed by atoms with Crippen molar-refractivity contribution in [2.45, 2.75) is 25.8 Å². The van der Waals surface area contributed by atoms with Crippen LogP contribution in [-0.4, -0.2) is 25.9 Å². The van der Waals surface area contributed by atoms with Crippen LogP contribution in [0.2, 0.25) is 0 Å². The van der Waals surface area contributed by atoms with Crippen molar-refractivity contribution in [1.29, 1.82) is 0 Å². The van der Waals surface area contributed by atoms with Gasteiger partial charge in [-0.2, -0.15) is 0 Å². The number of methoxy groups -OCH3 is 2. The van der Waals surface area contributed by atoms with Crippen molar-refractivity contribution >= 4 is 11.7 Å². The molecule has 27 heavy (non-hydrogen) atoms. The Balaban J connectivity index is 1.98. The number of nitrogens with one attached hydrogen (secondary N) is 1. The number of hydrogen-bond acceptors (Lipinski definition) is 4. The number of rotatable bonds is 8. The lowest BCUT2D eigenvalue weighted by Crippen LogP contribution is -2.27. The molecule has 0 fully saturated rings. The molecule has 2 aromatic carbocycles. The van der Waals surface area contributed by atoms with E-state index in [4.69, 9.17) is 9.47 Å². The molecule has 7 heteroatoms. The molecule has 0 aliphatic rings. The normalized spacial score (nSPS) is 11.6. The number of ketones is 1. The Morgan fingerprint density at radius 3 is 2.41 bits per heavy atom. The number of carbonyl (C=O) groups is 2. The summed E-state index contributed by atoms with van der Waals surface area (Å²) in [7, 11) is 3.06. The summed E-state index contributed by atoms with van der Waals surface area (Å²) in [6, 6.07) is 7.57. The third kappa shape index (κ3) is 5.26. The maximum absolute atomic E-state index is 13.6. The first-order valence-electron chi connectivity index (χ1n) is 8.35. The summed E-state index contributed by atoms with van der Waals surface area (Å²) < 4.78 is 37.0. The summed E-state index contributed by atoms with van der Waals surface area (Å²) in [5.41, 5.74) is 0.493. The van der Waals surface area contributed by atoms with Crippen molar-refractivity contribution in [3.63, 3.8) is 0 Å². The van der Waals surface area contributed by atoms with Gasteiger partial charge in [-0.3, -0.25) is 9.59 Å². The van der Waals surface area contributed by atoms with E-state index in [-0.39, 0.29) is 30.4 Å². The second-order valence-corrected chi connectivity index (χ2v) is 5.94. The molecule has 0 aromatic heterocycles. The molecule has 0 aliphatic heterocycles. The number of carbonyl (C=O) groups excluding carboxylic acids is 2. The zero-order valence-electron chi connectivity index (χ0n) is 15.3. The lowest BCUT2D eigenvalue weighted by atomic mass is 10.0. The summed E-state index contributed by atoms with van der Waals surface area (Å²) in [4.78, 5) is 24.2. The molecule has 1 amide bonds. The van der Waals surface area contributed by atoms with E-state index in [1.807, 2.05) is 0 Å². The maximum Gasteiger partial charge on any atom is 0.220 e. The Kier molecular flexibility index (Phi) is 6.87. The molecule has 1 N–H and O–H groups in total. The summed E-state index contributed by atoms with van der Waals surface area (Å²) >= 11 is 0. The SMILES string of the molecule is COc1ccc(OC)c([C@H](C)NC(=O)CCC(=O)c2ccc(F)cc2F)c1. The monoisotopic (exact) mass is 377 g/mol. The fourth-order valence-corrected chi connectivity index (χ4v) is 2.65. The van der Waals surface area contributed by atoms with E-state index in [0.29, 0.717) is 17.6 Å². The molecule has 0 saturated heterocycles. The van der Waals surface area contributed by atoms with Crippen molar-refractivity contribution in [2.75, 3.05) is 14.2 Å². The largest absolute Gasteiger partial charge is 0.497 e. The Labute approximate surface area is 156 Å². The van der Waals surface area contributed by atoms with Gasteiger partial charge in [-0.15, -0.1) is 0 Å². The molecule has 144 valence electrons. The highest BCUT2D eigenvalue weighted by molar-refractivity contribution is 5.98. The van der Waals surface area contributed by atoms with Crippen molar-refractivity contribution in [3.8, 4) is 11.5 Å². The van der Waals surface area contributed by atoms with Crippen LogP contribution < -0.4 is 14.8 Å². The van der Waals surface area contributed by atoms with Crippen LogP contribution in [0.15, 0.2) is 36.4 Å². The number of amides is 1. The van der Waals surface area contributed by atoms with Gasteiger partial charge in [0.25, 0.3) is 0 Å². The van der Waals surface area contributed by atoms with E-state index in [2.05, 4.69) is 5.32 Å². The zero-order valence-corrected chi connectivity index (χ0v) is 15.3. The van der Waals surface area contributed by atoms with Crippen LogP contribution in [0.5, 0.6) is 11.5 Å². The number of hydrogen-bond donors (Lipinski definition) is 1. The lowest BCUT2D eigenvalue weighted by Gasteiger charge is -2.18. The standard InChI is InChI=1S/C20H21F2NO4/c1-12(16-11-14(26-2)5-8-19(16)27-3)23-20(25)9-7-18(24)15-6-4-13(21)10-17(15)22/h4-6,8,10-12H,7,9H2,1-3H3,(H,23,25)/t12-/m0/s1. The van der Waals surface area contributed by atoms with Crippen LogP contribution >= 0.6 is 0 Å². The Bertz CT molecular complexity index is 839. The first kappa shape index (κ1) is 20.4. The van der Waals surface area contributed by atoms with Crippen molar-refractivity contribution < 1.29 is 27.8 Å². The fourth-order valence-electron chi connectivity index (χ4n) is 2.65. The van der Waals surface area contributed by atoms with Gasteiger partial charge >= 0.3 is 0 Å². The minimum Gasteiger partial charge on any atom is -0.497 e. The maximum atomic E-state index is 13.6. The molecule has 0 heterocycles. The quantitative estimate of drug-likeness (QED) is 0.711. The Morgan fingerprint density at radius 1 is 1.04 bits per heavy atom. The average molecular weight is 377 g/mol. The van der Waals surface area contributed by atoms with Gasteiger partial charge in [0.1, 0.15) is 23.1 Å². The zero-order chi connectivity index (χ0) is 20.0. The van der Waals surface area contributed by atoms with E-state index in [9.17, 15) is 18.4 Å². The molecular formula is C20H21F2NO4. The van der Waals surface area contributed by atoms with Gasteiger partial charge in [0.15, 0.2) is 5.78 Å².